The first-order chi connectivity index (χ1) is 6.59. The Morgan fingerprint density at radius 1 is 1.21 bits per heavy atom. The lowest BCUT2D eigenvalue weighted by molar-refractivity contribution is -0.0809. The molecule has 0 saturated heterocycles. The summed E-state index contributed by atoms with van der Waals surface area (Å²) in [5.41, 5.74) is 1.73. The molecule has 1 aliphatic heterocycles. The Balaban J connectivity index is 2.50. The van der Waals surface area contributed by atoms with Gasteiger partial charge in [0.05, 0.1) is 12.2 Å². The van der Waals surface area contributed by atoms with Gasteiger partial charge in [0, 0.05) is 0 Å². The Labute approximate surface area is 83.0 Å². The van der Waals surface area contributed by atoms with E-state index in [2.05, 4.69) is 0 Å². The number of ether oxygens (including phenoxy) is 1. The highest BCUT2D eigenvalue weighted by molar-refractivity contribution is 5.39. The molecule has 0 amide bonds. The zero-order valence-electron chi connectivity index (χ0n) is 8.27. The fourth-order valence-electron chi connectivity index (χ4n) is 1.91. The number of rotatable bonds is 0. The topological polar surface area (TPSA) is 49.7 Å². The molecule has 0 fully saturated rings. The summed E-state index contributed by atoms with van der Waals surface area (Å²) in [6, 6.07) is 4.99. The van der Waals surface area contributed by atoms with Crippen molar-refractivity contribution >= 4 is 0 Å². The normalized spacial score (nSPS) is 31.2. The van der Waals surface area contributed by atoms with Gasteiger partial charge in [-0.05, 0) is 37.1 Å². The summed E-state index contributed by atoms with van der Waals surface area (Å²) in [4.78, 5) is 0. The number of phenols is 1. The number of fused-ring (bicyclic) bond motifs is 1. The minimum absolute atomic E-state index is 0.0736. The Morgan fingerprint density at radius 3 is 2.64 bits per heavy atom. The molecule has 1 aromatic rings. The standard InChI is InChI=1S/C11H14O3/c1-6-10-5-8(12)3-4-9(10)11(13)7(2)14-6/h3-7,11-13H,1-2H3/t6-,7-,11?/m0/s1. The Kier molecular flexibility index (Phi) is 2.21. The van der Waals surface area contributed by atoms with Gasteiger partial charge < -0.3 is 14.9 Å². The van der Waals surface area contributed by atoms with Crippen LogP contribution in [0.4, 0.5) is 0 Å². The summed E-state index contributed by atoms with van der Waals surface area (Å²) < 4.78 is 5.52. The molecule has 0 spiro atoms. The van der Waals surface area contributed by atoms with Crippen LogP contribution >= 0.6 is 0 Å². The lowest BCUT2D eigenvalue weighted by atomic mass is 9.93. The number of aliphatic hydroxyl groups excluding tert-OH is 1. The van der Waals surface area contributed by atoms with Gasteiger partial charge >= 0.3 is 0 Å². The molecule has 1 unspecified atom stereocenters. The monoisotopic (exact) mass is 194 g/mol. The summed E-state index contributed by atoms with van der Waals surface area (Å²) >= 11 is 0. The van der Waals surface area contributed by atoms with E-state index < -0.39 is 6.10 Å². The van der Waals surface area contributed by atoms with Crippen molar-refractivity contribution in [2.75, 3.05) is 0 Å². The van der Waals surface area contributed by atoms with E-state index in [0.717, 1.165) is 11.1 Å². The van der Waals surface area contributed by atoms with Gasteiger partial charge in [-0.1, -0.05) is 6.07 Å². The zero-order valence-corrected chi connectivity index (χ0v) is 8.27. The fraction of sp³-hybridized carbons (Fsp3) is 0.455. The molecule has 0 aromatic heterocycles. The van der Waals surface area contributed by atoms with Gasteiger partial charge in [-0.15, -0.1) is 0 Å². The first-order valence-corrected chi connectivity index (χ1v) is 4.76. The van der Waals surface area contributed by atoms with Crippen molar-refractivity contribution in [1.82, 2.24) is 0 Å². The van der Waals surface area contributed by atoms with Crippen LogP contribution in [0.3, 0.4) is 0 Å². The summed E-state index contributed by atoms with van der Waals surface area (Å²) in [5.74, 6) is 0.209. The van der Waals surface area contributed by atoms with Crippen LogP contribution in [0.1, 0.15) is 37.2 Å². The fourth-order valence-corrected chi connectivity index (χ4v) is 1.91. The predicted octanol–water partition coefficient (Wildman–Crippen LogP) is 1.91. The summed E-state index contributed by atoms with van der Waals surface area (Å²) in [6.45, 7) is 3.76. The summed E-state index contributed by atoms with van der Waals surface area (Å²) in [7, 11) is 0. The zero-order chi connectivity index (χ0) is 10.3. The van der Waals surface area contributed by atoms with E-state index in [0.29, 0.717) is 0 Å². The number of benzene rings is 1. The maximum absolute atomic E-state index is 9.83. The summed E-state index contributed by atoms with van der Waals surface area (Å²) in [6.07, 6.45) is -0.862. The molecule has 1 aliphatic rings. The Bertz CT molecular complexity index is 348. The second-order valence-corrected chi connectivity index (χ2v) is 3.74. The largest absolute Gasteiger partial charge is 0.508 e. The van der Waals surface area contributed by atoms with E-state index in [1.54, 1.807) is 18.2 Å². The predicted molar refractivity (Wildman–Crippen MR) is 52.0 cm³/mol. The van der Waals surface area contributed by atoms with Gasteiger partial charge in [-0.2, -0.15) is 0 Å². The van der Waals surface area contributed by atoms with Crippen LogP contribution < -0.4 is 0 Å². The number of hydrogen-bond acceptors (Lipinski definition) is 3. The van der Waals surface area contributed by atoms with Gasteiger partial charge in [0.1, 0.15) is 11.9 Å². The van der Waals surface area contributed by atoms with Crippen LogP contribution in [0, 0.1) is 0 Å². The number of hydrogen-bond donors (Lipinski definition) is 2. The van der Waals surface area contributed by atoms with Crippen LogP contribution in [-0.2, 0) is 4.74 Å². The molecule has 14 heavy (non-hydrogen) atoms. The lowest BCUT2D eigenvalue weighted by Gasteiger charge is -2.32. The van der Waals surface area contributed by atoms with Gasteiger partial charge in [0.2, 0.25) is 0 Å². The highest BCUT2D eigenvalue weighted by Crippen LogP contribution is 2.37. The van der Waals surface area contributed by atoms with E-state index in [4.69, 9.17) is 4.74 Å². The molecule has 2 N–H and O–H groups in total. The molecular formula is C11H14O3. The number of aliphatic hydroxyl groups is 1. The number of aromatic hydroxyl groups is 1. The molecule has 2 rings (SSSR count). The molecule has 0 radical (unpaired) electrons. The Morgan fingerprint density at radius 2 is 1.93 bits per heavy atom. The second-order valence-electron chi connectivity index (χ2n) is 3.74. The highest BCUT2D eigenvalue weighted by atomic mass is 16.5. The molecule has 0 bridgehead atoms. The van der Waals surface area contributed by atoms with Gasteiger partial charge in [-0.3, -0.25) is 0 Å². The van der Waals surface area contributed by atoms with Crippen LogP contribution in [-0.4, -0.2) is 16.3 Å². The minimum atomic E-state index is -0.596. The second kappa shape index (κ2) is 3.26. The average Bonchev–Trinajstić information content (AvgIpc) is 2.14. The van der Waals surface area contributed by atoms with Crippen molar-refractivity contribution in [1.29, 1.82) is 0 Å². The van der Waals surface area contributed by atoms with Crippen LogP contribution in [0.2, 0.25) is 0 Å². The van der Waals surface area contributed by atoms with Crippen LogP contribution in [0.25, 0.3) is 0 Å². The molecule has 1 heterocycles. The molecule has 0 saturated carbocycles. The van der Waals surface area contributed by atoms with Crippen LogP contribution in [0.5, 0.6) is 5.75 Å². The first-order valence-electron chi connectivity index (χ1n) is 4.76. The quantitative estimate of drug-likeness (QED) is 0.663. The maximum atomic E-state index is 9.83. The average molecular weight is 194 g/mol. The number of phenolic OH excluding ortho intramolecular Hbond substituents is 1. The van der Waals surface area contributed by atoms with Gasteiger partial charge in [-0.25, -0.2) is 0 Å². The molecule has 76 valence electrons. The third kappa shape index (κ3) is 1.38. The van der Waals surface area contributed by atoms with E-state index in [9.17, 15) is 10.2 Å². The van der Waals surface area contributed by atoms with Gasteiger partial charge in [0.25, 0.3) is 0 Å². The van der Waals surface area contributed by atoms with Crippen molar-refractivity contribution in [2.45, 2.75) is 32.2 Å². The molecule has 0 aliphatic carbocycles. The van der Waals surface area contributed by atoms with E-state index in [1.807, 2.05) is 13.8 Å². The van der Waals surface area contributed by atoms with Crippen molar-refractivity contribution in [3.05, 3.63) is 29.3 Å². The molecule has 3 atom stereocenters. The molecule has 1 aromatic carbocycles. The van der Waals surface area contributed by atoms with E-state index in [1.165, 1.54) is 0 Å². The SMILES string of the molecule is C[C@@H]1O[C@@H](C)C(O)c2ccc(O)cc21. The van der Waals surface area contributed by atoms with E-state index in [-0.39, 0.29) is 18.0 Å². The first kappa shape index (κ1) is 9.49. The third-order valence-electron chi connectivity index (χ3n) is 2.69. The van der Waals surface area contributed by atoms with Crippen molar-refractivity contribution in [3.8, 4) is 5.75 Å². The van der Waals surface area contributed by atoms with Crippen molar-refractivity contribution in [3.63, 3.8) is 0 Å². The highest BCUT2D eigenvalue weighted by Gasteiger charge is 2.29. The smallest absolute Gasteiger partial charge is 0.115 e. The van der Waals surface area contributed by atoms with Crippen LogP contribution in [0.15, 0.2) is 18.2 Å². The maximum Gasteiger partial charge on any atom is 0.115 e. The molecule has 3 heteroatoms. The Hall–Kier alpha value is -1.06. The molecular weight excluding hydrogens is 180 g/mol. The van der Waals surface area contributed by atoms with Crippen molar-refractivity contribution < 1.29 is 14.9 Å². The minimum Gasteiger partial charge on any atom is -0.508 e. The van der Waals surface area contributed by atoms with E-state index >= 15 is 0 Å². The molecule has 3 nitrogen and oxygen atoms in total. The van der Waals surface area contributed by atoms with Gasteiger partial charge in [0.15, 0.2) is 0 Å². The third-order valence-corrected chi connectivity index (χ3v) is 2.69. The van der Waals surface area contributed by atoms with Crippen molar-refractivity contribution in [2.24, 2.45) is 0 Å². The summed E-state index contributed by atoms with van der Waals surface area (Å²) in [5, 5.41) is 19.2. The lowest BCUT2D eigenvalue weighted by Crippen LogP contribution is -2.27.